The summed E-state index contributed by atoms with van der Waals surface area (Å²) in [6, 6.07) is 5.03. The van der Waals surface area contributed by atoms with Gasteiger partial charge in [-0.3, -0.25) is 9.36 Å². The minimum absolute atomic E-state index is 0.256. The SMILES string of the molecule is COc1cc(C(=O)NCCNc2cc(-n3ccnc3C)ncn2)cc(OC)c1OC. The molecule has 0 saturated heterocycles. The number of hydrogen-bond donors (Lipinski definition) is 2. The first-order valence-corrected chi connectivity index (χ1v) is 9.21. The highest BCUT2D eigenvalue weighted by atomic mass is 16.5. The number of rotatable bonds is 9. The Morgan fingerprint density at radius 2 is 1.73 bits per heavy atom. The fraction of sp³-hybridized carbons (Fsp3) is 0.300. The van der Waals surface area contributed by atoms with E-state index in [1.165, 1.54) is 27.7 Å². The van der Waals surface area contributed by atoms with Gasteiger partial charge in [0.1, 0.15) is 23.8 Å². The van der Waals surface area contributed by atoms with Crippen LogP contribution in [0.5, 0.6) is 17.2 Å². The van der Waals surface area contributed by atoms with Crippen LogP contribution in [0.1, 0.15) is 16.2 Å². The van der Waals surface area contributed by atoms with Crippen molar-refractivity contribution >= 4 is 11.7 Å². The lowest BCUT2D eigenvalue weighted by Crippen LogP contribution is -2.29. The number of aryl methyl sites for hydroxylation is 1. The van der Waals surface area contributed by atoms with Gasteiger partial charge in [-0.05, 0) is 19.1 Å². The van der Waals surface area contributed by atoms with Gasteiger partial charge in [0.25, 0.3) is 5.91 Å². The second-order valence-electron chi connectivity index (χ2n) is 6.20. The van der Waals surface area contributed by atoms with Crippen molar-refractivity contribution in [2.75, 3.05) is 39.7 Å². The summed E-state index contributed by atoms with van der Waals surface area (Å²) in [5.74, 6) is 3.21. The Kier molecular flexibility index (Phi) is 6.68. The van der Waals surface area contributed by atoms with Crippen LogP contribution in [0.3, 0.4) is 0 Å². The van der Waals surface area contributed by atoms with Gasteiger partial charge in [0, 0.05) is 37.1 Å². The predicted molar refractivity (Wildman–Crippen MR) is 111 cm³/mol. The lowest BCUT2D eigenvalue weighted by molar-refractivity contribution is 0.0954. The van der Waals surface area contributed by atoms with Crippen LogP contribution in [-0.4, -0.2) is 59.8 Å². The molecule has 0 aliphatic carbocycles. The number of hydrogen-bond acceptors (Lipinski definition) is 8. The maximum absolute atomic E-state index is 12.5. The third-order valence-corrected chi connectivity index (χ3v) is 4.37. The monoisotopic (exact) mass is 412 g/mol. The molecular weight excluding hydrogens is 388 g/mol. The molecular formula is C20H24N6O4. The van der Waals surface area contributed by atoms with Gasteiger partial charge in [-0.25, -0.2) is 15.0 Å². The number of amides is 1. The molecule has 2 N–H and O–H groups in total. The number of aromatic nitrogens is 4. The molecule has 0 atom stereocenters. The number of imidazole rings is 1. The van der Waals surface area contributed by atoms with E-state index in [-0.39, 0.29) is 5.91 Å². The van der Waals surface area contributed by atoms with Crippen LogP contribution in [-0.2, 0) is 0 Å². The van der Waals surface area contributed by atoms with Crippen molar-refractivity contribution in [2.45, 2.75) is 6.92 Å². The third-order valence-electron chi connectivity index (χ3n) is 4.37. The standard InChI is InChI=1S/C20H24N6O4/c1-13-21-7-8-26(13)18-11-17(24-12-25-18)22-5-6-23-20(27)14-9-15(28-2)19(30-4)16(10-14)29-3/h7-12H,5-6H2,1-4H3,(H,23,27)(H,22,24,25). The smallest absolute Gasteiger partial charge is 0.251 e. The second-order valence-corrected chi connectivity index (χ2v) is 6.20. The number of nitrogens with zero attached hydrogens (tertiary/aromatic N) is 4. The van der Waals surface area contributed by atoms with Crippen molar-refractivity contribution < 1.29 is 19.0 Å². The zero-order valence-electron chi connectivity index (χ0n) is 17.3. The zero-order valence-corrected chi connectivity index (χ0v) is 17.3. The van der Waals surface area contributed by atoms with Crippen LogP contribution in [0.15, 0.2) is 36.9 Å². The quantitative estimate of drug-likeness (QED) is 0.512. The largest absolute Gasteiger partial charge is 0.493 e. The van der Waals surface area contributed by atoms with Gasteiger partial charge < -0.3 is 24.8 Å². The molecule has 0 fully saturated rings. The highest BCUT2D eigenvalue weighted by molar-refractivity contribution is 5.95. The Bertz CT molecular complexity index is 995. The molecule has 0 unspecified atom stereocenters. The summed E-state index contributed by atoms with van der Waals surface area (Å²) in [5.41, 5.74) is 0.407. The highest BCUT2D eigenvalue weighted by Gasteiger charge is 2.16. The molecule has 2 heterocycles. The van der Waals surface area contributed by atoms with Crippen molar-refractivity contribution in [3.8, 4) is 23.1 Å². The Balaban J connectivity index is 1.58. The van der Waals surface area contributed by atoms with E-state index >= 15 is 0 Å². The van der Waals surface area contributed by atoms with E-state index in [0.29, 0.717) is 47.5 Å². The molecule has 2 aromatic heterocycles. The number of benzene rings is 1. The first-order chi connectivity index (χ1) is 14.6. The van der Waals surface area contributed by atoms with E-state index in [9.17, 15) is 4.79 Å². The molecule has 1 aromatic carbocycles. The van der Waals surface area contributed by atoms with Crippen molar-refractivity contribution in [3.05, 3.63) is 48.3 Å². The predicted octanol–water partition coefficient (Wildman–Crippen LogP) is 1.84. The average molecular weight is 412 g/mol. The molecule has 0 aliphatic rings. The van der Waals surface area contributed by atoms with Crippen LogP contribution in [0.4, 0.5) is 5.82 Å². The van der Waals surface area contributed by atoms with E-state index in [0.717, 1.165) is 5.82 Å². The van der Waals surface area contributed by atoms with E-state index < -0.39 is 0 Å². The molecule has 3 aromatic rings. The fourth-order valence-electron chi connectivity index (χ4n) is 2.88. The van der Waals surface area contributed by atoms with E-state index in [2.05, 4.69) is 25.6 Å². The summed E-state index contributed by atoms with van der Waals surface area (Å²) in [5, 5.41) is 6.02. The summed E-state index contributed by atoms with van der Waals surface area (Å²) in [4.78, 5) is 25.2. The van der Waals surface area contributed by atoms with Crippen LogP contribution in [0, 0.1) is 6.92 Å². The summed E-state index contributed by atoms with van der Waals surface area (Å²) < 4.78 is 17.7. The summed E-state index contributed by atoms with van der Waals surface area (Å²) in [6.45, 7) is 2.77. The first kappa shape index (κ1) is 20.9. The summed E-state index contributed by atoms with van der Waals surface area (Å²) in [7, 11) is 4.52. The van der Waals surface area contributed by atoms with E-state index in [1.54, 1.807) is 18.3 Å². The van der Waals surface area contributed by atoms with Crippen LogP contribution in [0.2, 0.25) is 0 Å². The Morgan fingerprint density at radius 3 is 2.33 bits per heavy atom. The van der Waals surface area contributed by atoms with Gasteiger partial charge in [0.2, 0.25) is 5.75 Å². The number of methoxy groups -OCH3 is 3. The molecule has 158 valence electrons. The first-order valence-electron chi connectivity index (χ1n) is 9.21. The van der Waals surface area contributed by atoms with E-state index in [1.807, 2.05) is 23.8 Å². The number of carbonyl (C=O) groups excluding carboxylic acids is 1. The molecule has 1 amide bonds. The van der Waals surface area contributed by atoms with Crippen LogP contribution < -0.4 is 24.8 Å². The Morgan fingerprint density at radius 1 is 1.00 bits per heavy atom. The topological polar surface area (TPSA) is 112 Å². The van der Waals surface area contributed by atoms with Gasteiger partial charge >= 0.3 is 0 Å². The summed E-state index contributed by atoms with van der Waals surface area (Å²) >= 11 is 0. The van der Waals surface area contributed by atoms with Gasteiger partial charge in [0.15, 0.2) is 11.5 Å². The van der Waals surface area contributed by atoms with Gasteiger partial charge in [-0.1, -0.05) is 0 Å². The van der Waals surface area contributed by atoms with Crippen LogP contribution in [0.25, 0.3) is 5.82 Å². The van der Waals surface area contributed by atoms with Crippen molar-refractivity contribution in [2.24, 2.45) is 0 Å². The Labute approximate surface area is 174 Å². The normalized spacial score (nSPS) is 10.4. The number of anilines is 1. The molecule has 0 spiro atoms. The highest BCUT2D eigenvalue weighted by Crippen LogP contribution is 2.38. The van der Waals surface area contributed by atoms with Gasteiger partial charge in [-0.2, -0.15) is 0 Å². The molecule has 0 saturated carbocycles. The number of carbonyl (C=O) groups is 1. The van der Waals surface area contributed by atoms with Gasteiger partial charge in [0.05, 0.1) is 21.3 Å². The van der Waals surface area contributed by atoms with E-state index in [4.69, 9.17) is 14.2 Å². The third kappa shape index (κ3) is 4.59. The van der Waals surface area contributed by atoms with Crippen LogP contribution >= 0.6 is 0 Å². The van der Waals surface area contributed by atoms with Crippen molar-refractivity contribution in [3.63, 3.8) is 0 Å². The number of ether oxygens (including phenoxy) is 3. The zero-order chi connectivity index (χ0) is 21.5. The minimum Gasteiger partial charge on any atom is -0.493 e. The molecule has 3 rings (SSSR count). The molecule has 0 radical (unpaired) electrons. The Hall–Kier alpha value is -3.82. The lowest BCUT2D eigenvalue weighted by Gasteiger charge is -2.14. The average Bonchev–Trinajstić information content (AvgIpc) is 3.21. The molecule has 0 aliphatic heterocycles. The molecule has 10 nitrogen and oxygen atoms in total. The van der Waals surface area contributed by atoms with Crippen molar-refractivity contribution in [1.82, 2.24) is 24.8 Å². The minimum atomic E-state index is -0.256. The molecule has 30 heavy (non-hydrogen) atoms. The molecule has 10 heteroatoms. The lowest BCUT2D eigenvalue weighted by atomic mass is 10.1. The van der Waals surface area contributed by atoms with Gasteiger partial charge in [-0.15, -0.1) is 0 Å². The van der Waals surface area contributed by atoms with Crippen molar-refractivity contribution in [1.29, 1.82) is 0 Å². The maximum atomic E-state index is 12.5. The number of nitrogens with one attached hydrogen (secondary N) is 2. The second kappa shape index (κ2) is 9.59. The fourth-order valence-corrected chi connectivity index (χ4v) is 2.88. The molecule has 0 bridgehead atoms. The maximum Gasteiger partial charge on any atom is 0.251 e. The summed E-state index contributed by atoms with van der Waals surface area (Å²) in [6.07, 6.45) is 5.02.